The van der Waals surface area contributed by atoms with Crippen molar-refractivity contribution in [3.8, 4) is 0 Å². The molecule has 76 valence electrons. The molecule has 1 aromatic carbocycles. The summed E-state index contributed by atoms with van der Waals surface area (Å²) < 4.78 is 1.17. The smallest absolute Gasteiger partial charge is 0.0175 e. The molecular formula is C12H15BrS. The molecule has 0 saturated heterocycles. The molecule has 0 bridgehead atoms. The van der Waals surface area contributed by atoms with Crippen molar-refractivity contribution in [1.82, 2.24) is 0 Å². The first-order chi connectivity index (χ1) is 6.77. The maximum Gasteiger partial charge on any atom is 0.0175 e. The van der Waals surface area contributed by atoms with Crippen LogP contribution in [0.2, 0.25) is 0 Å². The van der Waals surface area contributed by atoms with Crippen LogP contribution in [0.3, 0.4) is 0 Å². The third-order valence-corrected chi connectivity index (χ3v) is 3.97. The molecule has 0 aliphatic heterocycles. The quantitative estimate of drug-likeness (QED) is 0.780. The fourth-order valence-electron chi connectivity index (χ4n) is 2.05. The molecule has 0 heterocycles. The van der Waals surface area contributed by atoms with Gasteiger partial charge in [0.05, 0.1) is 0 Å². The van der Waals surface area contributed by atoms with E-state index in [1.54, 1.807) is 0 Å². The molecule has 0 spiro atoms. The van der Waals surface area contributed by atoms with Gasteiger partial charge in [-0.05, 0) is 54.5 Å². The van der Waals surface area contributed by atoms with Gasteiger partial charge in [0.1, 0.15) is 0 Å². The van der Waals surface area contributed by atoms with Gasteiger partial charge >= 0.3 is 0 Å². The van der Waals surface area contributed by atoms with Crippen LogP contribution in [0.5, 0.6) is 0 Å². The van der Waals surface area contributed by atoms with Crippen LogP contribution in [0.15, 0.2) is 28.7 Å². The van der Waals surface area contributed by atoms with Crippen molar-refractivity contribution in [2.24, 2.45) is 0 Å². The van der Waals surface area contributed by atoms with Gasteiger partial charge in [0, 0.05) is 4.47 Å². The summed E-state index contributed by atoms with van der Waals surface area (Å²) in [5.41, 5.74) is 2.03. The summed E-state index contributed by atoms with van der Waals surface area (Å²) in [5.74, 6) is 1.01. The predicted octanol–water partition coefficient (Wildman–Crippen LogP) is 4.19. The van der Waals surface area contributed by atoms with Gasteiger partial charge in [-0.1, -0.05) is 28.1 Å². The Labute approximate surface area is 99.6 Å². The highest BCUT2D eigenvalue weighted by atomic mass is 79.9. The maximum atomic E-state index is 4.28. The fourth-order valence-corrected chi connectivity index (χ4v) is 2.48. The molecule has 0 radical (unpaired) electrons. The van der Waals surface area contributed by atoms with E-state index in [-0.39, 0.29) is 0 Å². The normalized spacial score (nSPS) is 18.1. The molecule has 0 nitrogen and oxygen atoms in total. The van der Waals surface area contributed by atoms with Crippen LogP contribution in [0.25, 0.3) is 0 Å². The lowest BCUT2D eigenvalue weighted by Crippen LogP contribution is -2.06. The van der Waals surface area contributed by atoms with Gasteiger partial charge in [0.15, 0.2) is 0 Å². The lowest BCUT2D eigenvalue weighted by molar-refractivity contribution is 0.611. The van der Waals surface area contributed by atoms with E-state index in [0.29, 0.717) is 5.41 Å². The molecule has 0 unspecified atom stereocenters. The Morgan fingerprint density at radius 3 is 2.36 bits per heavy atom. The molecule has 1 aromatic rings. The Morgan fingerprint density at radius 1 is 1.21 bits per heavy atom. The van der Waals surface area contributed by atoms with E-state index in [0.717, 1.165) is 5.75 Å². The second-order valence-corrected chi connectivity index (χ2v) is 5.48. The van der Waals surface area contributed by atoms with Gasteiger partial charge in [-0.15, -0.1) is 0 Å². The molecule has 0 aromatic heterocycles. The molecule has 1 saturated carbocycles. The highest BCUT2D eigenvalue weighted by Crippen LogP contribution is 2.51. The zero-order chi connectivity index (χ0) is 10.0. The Morgan fingerprint density at radius 2 is 1.86 bits per heavy atom. The largest absolute Gasteiger partial charge is 0.179 e. The molecule has 1 aliphatic carbocycles. The van der Waals surface area contributed by atoms with Crippen LogP contribution in [0.4, 0.5) is 0 Å². The van der Waals surface area contributed by atoms with Crippen LogP contribution in [-0.4, -0.2) is 5.75 Å². The topological polar surface area (TPSA) is 0 Å². The summed E-state index contributed by atoms with van der Waals surface area (Å²) in [6, 6.07) is 8.82. The highest BCUT2D eigenvalue weighted by molar-refractivity contribution is 9.10. The molecule has 0 atom stereocenters. The van der Waals surface area contributed by atoms with E-state index < -0.39 is 0 Å². The van der Waals surface area contributed by atoms with Gasteiger partial charge in [-0.25, -0.2) is 0 Å². The van der Waals surface area contributed by atoms with E-state index in [1.165, 1.54) is 35.7 Å². The monoisotopic (exact) mass is 270 g/mol. The zero-order valence-electron chi connectivity index (χ0n) is 8.17. The Balaban J connectivity index is 2.10. The van der Waals surface area contributed by atoms with E-state index in [2.05, 4.69) is 52.8 Å². The van der Waals surface area contributed by atoms with E-state index >= 15 is 0 Å². The van der Waals surface area contributed by atoms with Crippen molar-refractivity contribution in [3.05, 3.63) is 34.3 Å². The fraction of sp³-hybridized carbons (Fsp3) is 0.500. The van der Waals surface area contributed by atoms with Crippen molar-refractivity contribution in [2.75, 3.05) is 5.75 Å². The Bertz CT molecular complexity index is 301. The van der Waals surface area contributed by atoms with Crippen LogP contribution in [-0.2, 0) is 5.41 Å². The van der Waals surface area contributed by atoms with Crippen molar-refractivity contribution < 1.29 is 0 Å². The number of hydrogen-bond donors (Lipinski definition) is 1. The minimum Gasteiger partial charge on any atom is -0.179 e. The minimum atomic E-state index is 0.517. The van der Waals surface area contributed by atoms with Crippen LogP contribution in [0, 0.1) is 0 Å². The molecule has 1 aliphatic rings. The first-order valence-corrected chi connectivity index (χ1v) is 6.56. The van der Waals surface area contributed by atoms with Gasteiger partial charge in [0.25, 0.3) is 0 Å². The second-order valence-electron chi connectivity index (χ2n) is 4.11. The van der Waals surface area contributed by atoms with Gasteiger partial charge in [-0.3, -0.25) is 0 Å². The zero-order valence-corrected chi connectivity index (χ0v) is 10.7. The molecule has 0 N–H and O–H groups in total. The van der Waals surface area contributed by atoms with Gasteiger partial charge in [0.2, 0.25) is 0 Å². The molecule has 2 heteroatoms. The SMILES string of the molecule is SCCCC1(c2ccc(Br)cc2)CC1. The number of halogens is 1. The van der Waals surface area contributed by atoms with Crippen LogP contribution >= 0.6 is 28.6 Å². The maximum absolute atomic E-state index is 4.28. The first-order valence-electron chi connectivity index (χ1n) is 5.14. The summed E-state index contributed by atoms with van der Waals surface area (Å²) in [4.78, 5) is 0. The average molecular weight is 271 g/mol. The van der Waals surface area contributed by atoms with Crippen molar-refractivity contribution in [3.63, 3.8) is 0 Å². The molecule has 1 fully saturated rings. The van der Waals surface area contributed by atoms with E-state index in [4.69, 9.17) is 0 Å². The standard InChI is InChI=1S/C12H15BrS/c13-11-4-2-10(3-5-11)12(7-8-12)6-1-9-14/h2-5,14H,1,6-9H2. The summed E-state index contributed by atoms with van der Waals surface area (Å²) in [6.45, 7) is 0. The molecular weight excluding hydrogens is 256 g/mol. The predicted molar refractivity (Wildman–Crippen MR) is 68.1 cm³/mol. The first kappa shape index (κ1) is 10.6. The summed E-state index contributed by atoms with van der Waals surface area (Å²) >= 11 is 7.75. The lowest BCUT2D eigenvalue weighted by atomic mass is 9.91. The summed E-state index contributed by atoms with van der Waals surface area (Å²) in [6.07, 6.45) is 5.27. The summed E-state index contributed by atoms with van der Waals surface area (Å²) in [7, 11) is 0. The molecule has 2 rings (SSSR count). The third-order valence-electron chi connectivity index (χ3n) is 3.12. The lowest BCUT2D eigenvalue weighted by Gasteiger charge is -2.14. The van der Waals surface area contributed by atoms with E-state index in [9.17, 15) is 0 Å². The van der Waals surface area contributed by atoms with Crippen molar-refractivity contribution in [1.29, 1.82) is 0 Å². The van der Waals surface area contributed by atoms with E-state index in [1.807, 2.05) is 0 Å². The number of hydrogen-bond acceptors (Lipinski definition) is 1. The third kappa shape index (κ3) is 2.17. The second kappa shape index (κ2) is 4.28. The summed E-state index contributed by atoms with van der Waals surface area (Å²) in [5, 5.41) is 0. The average Bonchev–Trinajstić information content (AvgIpc) is 2.97. The number of rotatable bonds is 4. The van der Waals surface area contributed by atoms with Crippen molar-refractivity contribution >= 4 is 28.6 Å². The number of thiol groups is 1. The van der Waals surface area contributed by atoms with Crippen LogP contribution < -0.4 is 0 Å². The van der Waals surface area contributed by atoms with Crippen molar-refractivity contribution in [2.45, 2.75) is 31.1 Å². The van der Waals surface area contributed by atoms with Gasteiger partial charge < -0.3 is 0 Å². The van der Waals surface area contributed by atoms with Gasteiger partial charge in [-0.2, -0.15) is 12.6 Å². The Hall–Kier alpha value is 0.0500. The number of benzene rings is 1. The molecule has 0 amide bonds. The Kier molecular flexibility index (Phi) is 3.23. The van der Waals surface area contributed by atoms with Crippen LogP contribution in [0.1, 0.15) is 31.2 Å². The highest BCUT2D eigenvalue weighted by Gasteiger charge is 2.42. The minimum absolute atomic E-state index is 0.517. The molecule has 14 heavy (non-hydrogen) atoms.